The molecule has 7 heteroatoms. The van der Waals surface area contributed by atoms with Gasteiger partial charge >= 0.3 is 0 Å². The van der Waals surface area contributed by atoms with Crippen molar-refractivity contribution in [3.63, 3.8) is 0 Å². The summed E-state index contributed by atoms with van der Waals surface area (Å²) in [6.07, 6.45) is 5.32. The zero-order valence-electron chi connectivity index (χ0n) is 9.47. The van der Waals surface area contributed by atoms with E-state index in [9.17, 15) is 4.79 Å². The van der Waals surface area contributed by atoms with Crippen molar-refractivity contribution in [3.8, 4) is 0 Å². The van der Waals surface area contributed by atoms with Crippen molar-refractivity contribution in [3.05, 3.63) is 18.6 Å². The first-order chi connectivity index (χ1) is 8.20. The molecular formula is C10H14N6O. The fraction of sp³-hybridized carbons (Fsp3) is 0.300. The van der Waals surface area contributed by atoms with Crippen LogP contribution >= 0.6 is 0 Å². The summed E-state index contributed by atoms with van der Waals surface area (Å²) in [4.78, 5) is 19.2. The van der Waals surface area contributed by atoms with Crippen molar-refractivity contribution < 1.29 is 4.79 Å². The molecule has 0 aromatic carbocycles. The van der Waals surface area contributed by atoms with Gasteiger partial charge in [0.05, 0.1) is 12.7 Å². The predicted molar refractivity (Wildman–Crippen MR) is 64.8 cm³/mol. The number of nitrogens with one attached hydrogen (secondary N) is 2. The number of hydrogen-bond acceptors (Lipinski definition) is 5. The lowest BCUT2D eigenvalue weighted by atomic mass is 10.5. The Labute approximate surface area is 98.0 Å². The van der Waals surface area contributed by atoms with Crippen LogP contribution in [0.2, 0.25) is 0 Å². The summed E-state index contributed by atoms with van der Waals surface area (Å²) in [5, 5.41) is 5.96. The molecule has 2 rings (SSSR count). The number of amides is 1. The van der Waals surface area contributed by atoms with Gasteiger partial charge in [0.15, 0.2) is 11.5 Å². The van der Waals surface area contributed by atoms with Gasteiger partial charge in [-0.3, -0.25) is 4.79 Å². The third kappa shape index (κ3) is 2.44. The van der Waals surface area contributed by atoms with Crippen LogP contribution in [0.4, 0.5) is 11.6 Å². The molecule has 1 amide bonds. The fourth-order valence-corrected chi connectivity index (χ4v) is 1.49. The molecule has 17 heavy (non-hydrogen) atoms. The van der Waals surface area contributed by atoms with Crippen molar-refractivity contribution in [2.24, 2.45) is 5.73 Å². The van der Waals surface area contributed by atoms with Crippen LogP contribution in [-0.2, 0) is 4.79 Å². The van der Waals surface area contributed by atoms with Crippen LogP contribution in [0.15, 0.2) is 18.6 Å². The van der Waals surface area contributed by atoms with E-state index >= 15 is 0 Å². The van der Waals surface area contributed by atoms with E-state index in [4.69, 9.17) is 5.73 Å². The van der Waals surface area contributed by atoms with E-state index in [0.717, 1.165) is 6.54 Å². The van der Waals surface area contributed by atoms with Gasteiger partial charge in [0, 0.05) is 18.9 Å². The molecule has 2 heterocycles. The van der Waals surface area contributed by atoms with Gasteiger partial charge < -0.3 is 20.8 Å². The Bertz CT molecular complexity index is 535. The number of imidazole rings is 1. The topological polar surface area (TPSA) is 97.3 Å². The second-order valence-corrected chi connectivity index (χ2v) is 3.48. The molecule has 4 N–H and O–H groups in total. The highest BCUT2D eigenvalue weighted by Crippen LogP contribution is 2.15. The molecule has 0 bridgehead atoms. The summed E-state index contributed by atoms with van der Waals surface area (Å²) < 4.78 is 1.83. The van der Waals surface area contributed by atoms with Crippen LogP contribution in [0.3, 0.4) is 0 Å². The zero-order chi connectivity index (χ0) is 12.3. The molecule has 0 saturated carbocycles. The summed E-state index contributed by atoms with van der Waals surface area (Å²) in [5.41, 5.74) is 5.74. The standard InChI is InChI=1S/C10H14N6O/c1-2-12-8-6-16-4-3-13-10(16)9(15-8)14-5-7(11)17/h3-4,6,12H,2,5H2,1H3,(H2,11,17)(H,14,15). The van der Waals surface area contributed by atoms with Crippen LogP contribution in [0.25, 0.3) is 5.65 Å². The number of hydrogen-bond donors (Lipinski definition) is 3. The number of rotatable bonds is 5. The highest BCUT2D eigenvalue weighted by molar-refractivity contribution is 5.80. The van der Waals surface area contributed by atoms with E-state index in [0.29, 0.717) is 17.3 Å². The monoisotopic (exact) mass is 234 g/mol. The van der Waals surface area contributed by atoms with Gasteiger partial charge in [-0.25, -0.2) is 9.97 Å². The Morgan fingerprint density at radius 2 is 2.35 bits per heavy atom. The highest BCUT2D eigenvalue weighted by atomic mass is 16.1. The fourth-order valence-electron chi connectivity index (χ4n) is 1.49. The van der Waals surface area contributed by atoms with Gasteiger partial charge in [-0.2, -0.15) is 0 Å². The Morgan fingerprint density at radius 1 is 1.53 bits per heavy atom. The van der Waals surface area contributed by atoms with Gasteiger partial charge in [0.25, 0.3) is 0 Å². The zero-order valence-corrected chi connectivity index (χ0v) is 9.47. The first kappa shape index (κ1) is 11.2. The largest absolute Gasteiger partial charge is 0.369 e. The number of carbonyl (C=O) groups excluding carboxylic acids is 1. The number of aromatic nitrogens is 3. The molecule has 0 aliphatic carbocycles. The first-order valence-electron chi connectivity index (χ1n) is 5.30. The minimum absolute atomic E-state index is 0.0328. The summed E-state index contributed by atoms with van der Waals surface area (Å²) in [6, 6.07) is 0. The number of primary amides is 1. The molecule has 0 aliphatic rings. The molecule has 2 aromatic heterocycles. The Hall–Kier alpha value is -2.31. The molecule has 7 nitrogen and oxygen atoms in total. The summed E-state index contributed by atoms with van der Waals surface area (Å²) in [6.45, 7) is 2.78. The molecule has 0 fully saturated rings. The highest BCUT2D eigenvalue weighted by Gasteiger charge is 2.07. The third-order valence-corrected chi connectivity index (χ3v) is 2.16. The van der Waals surface area contributed by atoms with Crippen molar-refractivity contribution in [2.75, 3.05) is 23.7 Å². The second kappa shape index (κ2) is 4.69. The SMILES string of the molecule is CCNc1cn2ccnc2c(NCC(N)=O)n1. The van der Waals surface area contributed by atoms with Gasteiger partial charge in [-0.15, -0.1) is 0 Å². The number of carbonyl (C=O) groups is 1. The summed E-state index contributed by atoms with van der Waals surface area (Å²) >= 11 is 0. The first-order valence-corrected chi connectivity index (χ1v) is 5.30. The van der Waals surface area contributed by atoms with Gasteiger partial charge in [-0.1, -0.05) is 0 Å². The molecule has 2 aromatic rings. The summed E-state index contributed by atoms with van der Waals surface area (Å²) in [5.74, 6) is 0.808. The van der Waals surface area contributed by atoms with Gasteiger partial charge in [0.1, 0.15) is 5.82 Å². The normalized spacial score (nSPS) is 10.4. The van der Waals surface area contributed by atoms with Crippen LogP contribution in [0.1, 0.15) is 6.92 Å². The number of nitrogens with zero attached hydrogens (tertiary/aromatic N) is 3. The smallest absolute Gasteiger partial charge is 0.236 e. The van der Waals surface area contributed by atoms with E-state index in [-0.39, 0.29) is 6.54 Å². The van der Waals surface area contributed by atoms with E-state index in [1.807, 2.05) is 23.7 Å². The Morgan fingerprint density at radius 3 is 3.06 bits per heavy atom. The molecule has 0 atom stereocenters. The van der Waals surface area contributed by atoms with E-state index in [1.54, 1.807) is 6.20 Å². The molecule has 0 radical (unpaired) electrons. The van der Waals surface area contributed by atoms with Crippen LogP contribution in [0.5, 0.6) is 0 Å². The van der Waals surface area contributed by atoms with Crippen molar-refractivity contribution in [2.45, 2.75) is 6.92 Å². The molecule has 90 valence electrons. The number of fused-ring (bicyclic) bond motifs is 1. The average Bonchev–Trinajstić information content (AvgIpc) is 2.74. The summed E-state index contributed by atoms with van der Waals surface area (Å²) in [7, 11) is 0. The molecule has 0 aliphatic heterocycles. The minimum Gasteiger partial charge on any atom is -0.369 e. The molecule has 0 unspecified atom stereocenters. The lowest BCUT2D eigenvalue weighted by molar-refractivity contribution is -0.116. The number of anilines is 2. The number of nitrogens with two attached hydrogens (primary N) is 1. The Kier molecular flexibility index (Phi) is 3.08. The second-order valence-electron chi connectivity index (χ2n) is 3.48. The minimum atomic E-state index is -0.439. The quantitative estimate of drug-likeness (QED) is 0.679. The lowest BCUT2D eigenvalue weighted by Crippen LogP contribution is -2.22. The van der Waals surface area contributed by atoms with Crippen molar-refractivity contribution in [1.82, 2.24) is 14.4 Å². The maximum atomic E-state index is 10.7. The van der Waals surface area contributed by atoms with E-state index in [2.05, 4.69) is 20.6 Å². The predicted octanol–water partition coefficient (Wildman–Crippen LogP) is 0.0583. The maximum absolute atomic E-state index is 10.7. The van der Waals surface area contributed by atoms with Crippen molar-refractivity contribution >= 4 is 23.2 Å². The van der Waals surface area contributed by atoms with Crippen LogP contribution < -0.4 is 16.4 Å². The van der Waals surface area contributed by atoms with E-state index in [1.165, 1.54) is 0 Å². The Balaban J connectivity index is 2.36. The molecular weight excluding hydrogens is 220 g/mol. The van der Waals surface area contributed by atoms with Crippen LogP contribution in [0, 0.1) is 0 Å². The third-order valence-electron chi connectivity index (χ3n) is 2.16. The molecule has 0 spiro atoms. The lowest BCUT2D eigenvalue weighted by Gasteiger charge is -2.08. The van der Waals surface area contributed by atoms with Crippen molar-refractivity contribution in [1.29, 1.82) is 0 Å². The van der Waals surface area contributed by atoms with Crippen LogP contribution in [-0.4, -0.2) is 33.4 Å². The maximum Gasteiger partial charge on any atom is 0.236 e. The van der Waals surface area contributed by atoms with Gasteiger partial charge in [-0.05, 0) is 6.92 Å². The molecule has 0 saturated heterocycles. The average molecular weight is 234 g/mol. The van der Waals surface area contributed by atoms with Gasteiger partial charge in [0.2, 0.25) is 5.91 Å². The van der Waals surface area contributed by atoms with E-state index < -0.39 is 5.91 Å².